The van der Waals surface area contributed by atoms with Gasteiger partial charge < -0.3 is 20.7 Å². The van der Waals surface area contributed by atoms with Crippen molar-refractivity contribution in [3.05, 3.63) is 66.4 Å². The molecular weight excluding hydrogens is 430 g/mol. The van der Waals surface area contributed by atoms with Gasteiger partial charge in [0.1, 0.15) is 11.4 Å². The lowest BCUT2D eigenvalue weighted by Crippen LogP contribution is -2.45. The van der Waals surface area contributed by atoms with Gasteiger partial charge in [-0.05, 0) is 36.1 Å². The Morgan fingerprint density at radius 1 is 1.29 bits per heavy atom. The molecule has 1 atom stereocenters. The van der Waals surface area contributed by atoms with Gasteiger partial charge in [-0.25, -0.2) is 4.98 Å². The number of pyridine rings is 1. The fourth-order valence-corrected chi connectivity index (χ4v) is 3.93. The highest BCUT2D eigenvalue weighted by Gasteiger charge is 2.22. The molecule has 4 rings (SSSR count). The molecule has 1 aliphatic heterocycles. The fourth-order valence-electron chi connectivity index (χ4n) is 3.93. The monoisotopic (exact) mass is 455 g/mol. The molecule has 0 radical (unpaired) electrons. The summed E-state index contributed by atoms with van der Waals surface area (Å²) < 4.78 is 5.52. The number of methoxy groups -OCH3 is 1. The molecule has 2 heterocycles. The molecular formula is C26H25N5O3. The summed E-state index contributed by atoms with van der Waals surface area (Å²) in [6.07, 6.45) is 0.962. The molecule has 1 fully saturated rings. The summed E-state index contributed by atoms with van der Waals surface area (Å²) in [6.45, 7) is 4.57. The maximum Gasteiger partial charge on any atom is 0.270 e. The molecule has 8 nitrogen and oxygen atoms in total. The fraction of sp³-hybridized carbons (Fsp3) is 0.231. The van der Waals surface area contributed by atoms with Gasteiger partial charge in [0.05, 0.1) is 24.6 Å². The first-order chi connectivity index (χ1) is 16.5. The Kier molecular flexibility index (Phi) is 6.74. The number of nitriles is 1. The number of nitrogens with one attached hydrogen (secondary N) is 3. The highest BCUT2D eigenvalue weighted by atomic mass is 16.5. The van der Waals surface area contributed by atoms with E-state index < -0.39 is 0 Å². The summed E-state index contributed by atoms with van der Waals surface area (Å²) in [6, 6.07) is 16.9. The first-order valence-electron chi connectivity index (χ1n) is 11.0. The Bertz CT molecular complexity index is 1310. The number of benzene rings is 2. The van der Waals surface area contributed by atoms with E-state index in [-0.39, 0.29) is 30.0 Å². The molecule has 1 aromatic heterocycles. The average molecular weight is 456 g/mol. The third kappa shape index (κ3) is 4.99. The summed E-state index contributed by atoms with van der Waals surface area (Å²) in [5.41, 5.74) is 2.92. The number of hydrogen-bond acceptors (Lipinski definition) is 6. The van der Waals surface area contributed by atoms with Gasteiger partial charge in [0.15, 0.2) is 0 Å². The summed E-state index contributed by atoms with van der Waals surface area (Å²) in [5, 5.41) is 19.9. The number of carbonyl (C=O) groups excluding carboxylic acids is 2. The highest BCUT2D eigenvalue weighted by molar-refractivity contribution is 5.99. The molecule has 0 spiro atoms. The minimum Gasteiger partial charge on any atom is -0.495 e. The topological polar surface area (TPSA) is 116 Å². The molecule has 1 unspecified atom stereocenters. The zero-order valence-electron chi connectivity index (χ0n) is 18.9. The number of anilines is 1. The van der Waals surface area contributed by atoms with Crippen LogP contribution in [0.5, 0.6) is 5.75 Å². The van der Waals surface area contributed by atoms with Gasteiger partial charge in [0.2, 0.25) is 5.91 Å². The lowest BCUT2D eigenvalue weighted by Gasteiger charge is -2.22. The third-order valence-corrected chi connectivity index (χ3v) is 5.70. The van der Waals surface area contributed by atoms with E-state index in [1.54, 1.807) is 19.2 Å². The van der Waals surface area contributed by atoms with Crippen LogP contribution < -0.4 is 20.7 Å². The minimum absolute atomic E-state index is 0.0624. The molecule has 1 aliphatic rings. The molecule has 8 heteroatoms. The molecule has 0 bridgehead atoms. The predicted molar refractivity (Wildman–Crippen MR) is 130 cm³/mol. The first kappa shape index (κ1) is 22.8. The number of hydrogen-bond donors (Lipinski definition) is 3. The number of rotatable bonds is 7. The summed E-state index contributed by atoms with van der Waals surface area (Å²) in [4.78, 5) is 28.9. The molecule has 0 saturated carbocycles. The standard InChI is InChI=1S/C26H25N5O3/c1-16(14-27)15-29-25-20-12-18(7-6-17(20)8-9-23(25)34-2)21-4-3-5-22(31-21)26(33)30-19-10-11-28-24(32)13-19/h3-9,12,19,29H,1,10-11,13,15H2,2H3,(H,28,32)(H,30,33). The Balaban J connectivity index is 1.64. The largest absolute Gasteiger partial charge is 0.495 e. The number of carbonyl (C=O) groups is 2. The van der Waals surface area contributed by atoms with Gasteiger partial charge in [-0.2, -0.15) is 5.26 Å². The number of nitrogens with zero attached hydrogens (tertiary/aromatic N) is 2. The van der Waals surface area contributed by atoms with Gasteiger partial charge in [-0.1, -0.05) is 30.8 Å². The Labute approximate surface area is 197 Å². The quantitative estimate of drug-likeness (QED) is 0.470. The average Bonchev–Trinajstić information content (AvgIpc) is 2.86. The van der Waals surface area contributed by atoms with Crippen molar-refractivity contribution in [3.63, 3.8) is 0 Å². The zero-order chi connectivity index (χ0) is 24.1. The van der Waals surface area contributed by atoms with Gasteiger partial charge in [-0.3, -0.25) is 9.59 Å². The van der Waals surface area contributed by atoms with E-state index in [0.29, 0.717) is 36.5 Å². The molecule has 172 valence electrons. The highest BCUT2D eigenvalue weighted by Crippen LogP contribution is 2.35. The van der Waals surface area contributed by atoms with Crippen LogP contribution in [0.1, 0.15) is 23.3 Å². The maximum atomic E-state index is 12.8. The minimum atomic E-state index is -0.304. The van der Waals surface area contributed by atoms with Crippen LogP contribution in [0.25, 0.3) is 22.0 Å². The Morgan fingerprint density at radius 2 is 2.12 bits per heavy atom. The molecule has 2 aromatic carbocycles. The van der Waals surface area contributed by atoms with Crippen LogP contribution in [0.4, 0.5) is 5.69 Å². The number of fused-ring (bicyclic) bond motifs is 1. The molecule has 2 amide bonds. The van der Waals surface area contributed by atoms with Gasteiger partial charge in [0.25, 0.3) is 5.91 Å². The predicted octanol–water partition coefficient (Wildman–Crippen LogP) is 3.41. The van der Waals surface area contributed by atoms with Crippen LogP contribution in [0.3, 0.4) is 0 Å². The molecule has 0 aliphatic carbocycles. The van der Waals surface area contributed by atoms with E-state index in [9.17, 15) is 9.59 Å². The van der Waals surface area contributed by atoms with Crippen molar-refractivity contribution in [2.45, 2.75) is 18.9 Å². The number of ether oxygens (including phenoxy) is 1. The Hall–Kier alpha value is -4.38. The van der Waals surface area contributed by atoms with E-state index in [2.05, 4.69) is 27.5 Å². The van der Waals surface area contributed by atoms with Crippen LogP contribution in [-0.4, -0.2) is 43.0 Å². The maximum absolute atomic E-state index is 12.8. The second-order valence-corrected chi connectivity index (χ2v) is 8.07. The van der Waals surface area contributed by atoms with Crippen molar-refractivity contribution in [2.24, 2.45) is 0 Å². The molecule has 3 aromatic rings. The van der Waals surface area contributed by atoms with Gasteiger partial charge >= 0.3 is 0 Å². The smallest absolute Gasteiger partial charge is 0.270 e. The lowest BCUT2D eigenvalue weighted by atomic mass is 10.0. The normalized spacial score (nSPS) is 15.2. The molecule has 3 N–H and O–H groups in total. The van der Waals surface area contributed by atoms with Crippen molar-refractivity contribution < 1.29 is 14.3 Å². The SMILES string of the molecule is C=C(C#N)CNc1c(OC)ccc2ccc(-c3cccc(C(=O)NC4CCNC(=O)C4)n3)cc12. The number of aromatic nitrogens is 1. The van der Waals surface area contributed by atoms with Gasteiger partial charge in [-0.15, -0.1) is 0 Å². The second-order valence-electron chi connectivity index (χ2n) is 8.07. The van der Waals surface area contributed by atoms with E-state index in [1.807, 2.05) is 42.5 Å². The van der Waals surface area contributed by atoms with Crippen LogP contribution in [0.2, 0.25) is 0 Å². The molecule has 34 heavy (non-hydrogen) atoms. The second kappa shape index (κ2) is 10.0. The van der Waals surface area contributed by atoms with Crippen molar-refractivity contribution in [1.82, 2.24) is 15.6 Å². The summed E-state index contributed by atoms with van der Waals surface area (Å²) >= 11 is 0. The summed E-state index contributed by atoms with van der Waals surface area (Å²) in [7, 11) is 1.59. The summed E-state index contributed by atoms with van der Waals surface area (Å²) in [5.74, 6) is 0.280. The van der Waals surface area contributed by atoms with Crippen molar-refractivity contribution in [3.8, 4) is 23.1 Å². The molecule has 1 saturated heterocycles. The van der Waals surface area contributed by atoms with Crippen molar-refractivity contribution in [1.29, 1.82) is 5.26 Å². The van der Waals surface area contributed by atoms with E-state index in [4.69, 9.17) is 10.00 Å². The first-order valence-corrected chi connectivity index (χ1v) is 11.0. The van der Waals surface area contributed by atoms with E-state index in [1.165, 1.54) is 0 Å². The van der Waals surface area contributed by atoms with Crippen molar-refractivity contribution in [2.75, 3.05) is 25.5 Å². The van der Waals surface area contributed by atoms with Crippen LogP contribution in [-0.2, 0) is 4.79 Å². The number of amides is 2. The van der Waals surface area contributed by atoms with Crippen LogP contribution in [0.15, 0.2) is 60.7 Å². The van der Waals surface area contributed by atoms with Crippen LogP contribution in [0, 0.1) is 11.3 Å². The van der Waals surface area contributed by atoms with E-state index in [0.717, 1.165) is 22.0 Å². The Morgan fingerprint density at radius 3 is 2.88 bits per heavy atom. The number of piperidine rings is 1. The third-order valence-electron chi connectivity index (χ3n) is 5.70. The lowest BCUT2D eigenvalue weighted by molar-refractivity contribution is -0.122. The zero-order valence-corrected chi connectivity index (χ0v) is 18.9. The van der Waals surface area contributed by atoms with Crippen LogP contribution >= 0.6 is 0 Å². The van der Waals surface area contributed by atoms with Gasteiger partial charge in [0, 0.05) is 42.1 Å². The van der Waals surface area contributed by atoms with Crippen molar-refractivity contribution >= 4 is 28.3 Å². The van der Waals surface area contributed by atoms with E-state index >= 15 is 0 Å².